The van der Waals surface area contributed by atoms with Crippen molar-refractivity contribution >= 4 is 5.82 Å². The van der Waals surface area contributed by atoms with Gasteiger partial charge in [0.05, 0.1) is 11.9 Å². The number of anilines is 1. The molecule has 0 amide bonds. The van der Waals surface area contributed by atoms with E-state index in [1.54, 1.807) is 0 Å². The van der Waals surface area contributed by atoms with Crippen LogP contribution in [0.2, 0.25) is 0 Å². The Hall–Kier alpha value is -1.16. The molecule has 1 N–H and O–H groups in total. The molecule has 0 aliphatic carbocycles. The van der Waals surface area contributed by atoms with Crippen molar-refractivity contribution in [3.8, 4) is 0 Å². The highest BCUT2D eigenvalue weighted by molar-refractivity contribution is 5.37. The van der Waals surface area contributed by atoms with Crippen LogP contribution in [-0.4, -0.2) is 28.6 Å². The van der Waals surface area contributed by atoms with E-state index in [0.717, 1.165) is 24.6 Å². The highest BCUT2D eigenvalue weighted by Crippen LogP contribution is 2.12. The summed E-state index contributed by atoms with van der Waals surface area (Å²) < 4.78 is 0. The van der Waals surface area contributed by atoms with E-state index in [1.165, 1.54) is 0 Å². The maximum Gasteiger partial charge on any atom is 0.147 e. The predicted octanol–water partition coefficient (Wildman–Crippen LogP) is 2.21. The maximum absolute atomic E-state index is 4.64. The zero-order chi connectivity index (χ0) is 12.8. The normalized spacial score (nSPS) is 11.2. The van der Waals surface area contributed by atoms with Crippen LogP contribution in [0.4, 0.5) is 5.82 Å². The summed E-state index contributed by atoms with van der Waals surface area (Å²) in [5.41, 5.74) is 0.996. The molecule has 4 nitrogen and oxygen atoms in total. The number of aromatic nitrogens is 2. The topological polar surface area (TPSA) is 41.1 Å². The van der Waals surface area contributed by atoms with Crippen molar-refractivity contribution in [1.29, 1.82) is 0 Å². The molecule has 0 aliphatic heterocycles. The van der Waals surface area contributed by atoms with Crippen LogP contribution in [0.25, 0.3) is 0 Å². The smallest absolute Gasteiger partial charge is 0.147 e. The standard InChI is InChI=1S/C13H24N4/c1-6-17(11(4)5)13-9-14-7-12(16-13)8-15-10(2)3/h7,9-11,15H,6,8H2,1-5H3. The summed E-state index contributed by atoms with van der Waals surface area (Å²) in [5, 5.41) is 3.35. The number of rotatable bonds is 6. The number of hydrogen-bond acceptors (Lipinski definition) is 4. The maximum atomic E-state index is 4.64. The van der Waals surface area contributed by atoms with Gasteiger partial charge in [0, 0.05) is 31.4 Å². The Morgan fingerprint density at radius 1 is 1.24 bits per heavy atom. The van der Waals surface area contributed by atoms with Gasteiger partial charge in [0.15, 0.2) is 0 Å². The van der Waals surface area contributed by atoms with E-state index >= 15 is 0 Å². The van der Waals surface area contributed by atoms with Gasteiger partial charge in [-0.2, -0.15) is 0 Å². The SMILES string of the molecule is CCN(c1cncc(CNC(C)C)n1)C(C)C. The van der Waals surface area contributed by atoms with Crippen LogP contribution in [0.5, 0.6) is 0 Å². The van der Waals surface area contributed by atoms with E-state index in [0.29, 0.717) is 12.1 Å². The first-order valence-corrected chi connectivity index (χ1v) is 6.35. The minimum atomic E-state index is 0.447. The Morgan fingerprint density at radius 2 is 1.94 bits per heavy atom. The van der Waals surface area contributed by atoms with E-state index in [1.807, 2.05) is 12.4 Å². The van der Waals surface area contributed by atoms with Gasteiger partial charge in [0.25, 0.3) is 0 Å². The molecule has 1 rings (SSSR count). The van der Waals surface area contributed by atoms with Gasteiger partial charge in [-0.15, -0.1) is 0 Å². The van der Waals surface area contributed by atoms with Crippen molar-refractivity contribution < 1.29 is 0 Å². The first-order valence-electron chi connectivity index (χ1n) is 6.35. The van der Waals surface area contributed by atoms with Crippen LogP contribution >= 0.6 is 0 Å². The van der Waals surface area contributed by atoms with Crippen LogP contribution in [0, 0.1) is 0 Å². The molecule has 1 heterocycles. The summed E-state index contributed by atoms with van der Waals surface area (Å²) in [5.74, 6) is 0.963. The van der Waals surface area contributed by atoms with Crippen molar-refractivity contribution in [2.75, 3.05) is 11.4 Å². The molecule has 1 aromatic heterocycles. The molecule has 0 bridgehead atoms. The molecule has 0 atom stereocenters. The van der Waals surface area contributed by atoms with Crippen LogP contribution in [0.15, 0.2) is 12.4 Å². The fourth-order valence-electron chi connectivity index (χ4n) is 1.72. The van der Waals surface area contributed by atoms with E-state index in [2.05, 4.69) is 54.8 Å². The van der Waals surface area contributed by atoms with Crippen LogP contribution in [0.1, 0.15) is 40.3 Å². The fraction of sp³-hybridized carbons (Fsp3) is 0.692. The molecule has 4 heteroatoms. The number of nitrogens with zero attached hydrogens (tertiary/aromatic N) is 3. The van der Waals surface area contributed by atoms with Gasteiger partial charge in [0.2, 0.25) is 0 Å². The fourth-order valence-corrected chi connectivity index (χ4v) is 1.72. The van der Waals surface area contributed by atoms with E-state index in [9.17, 15) is 0 Å². The molecule has 0 aliphatic rings. The van der Waals surface area contributed by atoms with Gasteiger partial charge in [-0.1, -0.05) is 13.8 Å². The molecule has 1 aromatic rings. The summed E-state index contributed by atoms with van der Waals surface area (Å²) in [4.78, 5) is 11.1. The van der Waals surface area contributed by atoms with Gasteiger partial charge >= 0.3 is 0 Å². The minimum absolute atomic E-state index is 0.447. The minimum Gasteiger partial charge on any atom is -0.353 e. The largest absolute Gasteiger partial charge is 0.353 e. The van der Waals surface area contributed by atoms with Gasteiger partial charge in [0.1, 0.15) is 5.82 Å². The second-order valence-electron chi connectivity index (χ2n) is 4.78. The Bertz CT molecular complexity index is 336. The summed E-state index contributed by atoms with van der Waals surface area (Å²) in [6.07, 6.45) is 3.66. The first kappa shape index (κ1) is 13.9. The van der Waals surface area contributed by atoms with Crippen molar-refractivity contribution in [1.82, 2.24) is 15.3 Å². The molecule has 0 unspecified atom stereocenters. The van der Waals surface area contributed by atoms with Crippen LogP contribution in [0.3, 0.4) is 0 Å². The lowest BCUT2D eigenvalue weighted by molar-refractivity contribution is 0.578. The predicted molar refractivity (Wildman–Crippen MR) is 72.2 cm³/mol. The summed E-state index contributed by atoms with van der Waals surface area (Å²) in [6, 6.07) is 0.912. The van der Waals surface area contributed by atoms with Crippen LogP contribution in [-0.2, 0) is 6.54 Å². The molecule has 0 saturated heterocycles. The third kappa shape index (κ3) is 4.30. The quantitative estimate of drug-likeness (QED) is 0.822. The van der Waals surface area contributed by atoms with E-state index in [-0.39, 0.29) is 0 Å². The van der Waals surface area contributed by atoms with Crippen molar-refractivity contribution in [3.63, 3.8) is 0 Å². The lowest BCUT2D eigenvalue weighted by atomic mass is 10.3. The molecule has 0 saturated carbocycles. The molecular formula is C13H24N4. The monoisotopic (exact) mass is 236 g/mol. The molecule has 0 fully saturated rings. The highest BCUT2D eigenvalue weighted by Gasteiger charge is 2.10. The summed E-state index contributed by atoms with van der Waals surface area (Å²) >= 11 is 0. The molecule has 0 spiro atoms. The average Bonchev–Trinajstić information content (AvgIpc) is 2.27. The molecule has 96 valence electrons. The Morgan fingerprint density at radius 3 is 2.47 bits per heavy atom. The second-order valence-corrected chi connectivity index (χ2v) is 4.78. The lowest BCUT2D eigenvalue weighted by Crippen LogP contribution is -2.31. The van der Waals surface area contributed by atoms with E-state index in [4.69, 9.17) is 0 Å². The van der Waals surface area contributed by atoms with Gasteiger partial charge in [-0.3, -0.25) is 4.98 Å². The Kier molecular flexibility index (Phi) is 5.35. The van der Waals surface area contributed by atoms with Crippen molar-refractivity contribution in [2.45, 2.75) is 53.2 Å². The third-order valence-electron chi connectivity index (χ3n) is 2.62. The van der Waals surface area contributed by atoms with Gasteiger partial charge in [-0.05, 0) is 20.8 Å². The highest BCUT2D eigenvalue weighted by atomic mass is 15.2. The van der Waals surface area contributed by atoms with Crippen molar-refractivity contribution in [3.05, 3.63) is 18.1 Å². The van der Waals surface area contributed by atoms with E-state index < -0.39 is 0 Å². The Balaban J connectivity index is 2.77. The van der Waals surface area contributed by atoms with Crippen molar-refractivity contribution in [2.24, 2.45) is 0 Å². The molecule has 17 heavy (non-hydrogen) atoms. The lowest BCUT2D eigenvalue weighted by Gasteiger charge is -2.26. The average molecular weight is 236 g/mol. The number of hydrogen-bond donors (Lipinski definition) is 1. The summed E-state index contributed by atoms with van der Waals surface area (Å²) in [6.45, 7) is 12.5. The number of nitrogens with one attached hydrogen (secondary N) is 1. The Labute approximate surface area is 104 Å². The second kappa shape index (κ2) is 6.55. The van der Waals surface area contributed by atoms with Gasteiger partial charge < -0.3 is 10.2 Å². The first-order chi connectivity index (χ1) is 8.04. The zero-order valence-electron chi connectivity index (χ0n) is 11.6. The molecule has 0 radical (unpaired) electrons. The summed E-state index contributed by atoms with van der Waals surface area (Å²) in [7, 11) is 0. The molecule has 0 aromatic carbocycles. The third-order valence-corrected chi connectivity index (χ3v) is 2.62. The van der Waals surface area contributed by atoms with Crippen LogP contribution < -0.4 is 10.2 Å². The van der Waals surface area contributed by atoms with Gasteiger partial charge in [-0.25, -0.2) is 4.98 Å². The zero-order valence-corrected chi connectivity index (χ0v) is 11.6. The molecular weight excluding hydrogens is 212 g/mol.